The largest absolute Gasteiger partial charge is 0.360 e. The van der Waals surface area contributed by atoms with Gasteiger partial charge < -0.3 is 4.74 Å². The molecule has 0 unspecified atom stereocenters. The van der Waals surface area contributed by atoms with E-state index in [1.807, 2.05) is 23.7 Å². The van der Waals surface area contributed by atoms with Crippen LogP contribution in [0.3, 0.4) is 0 Å². The number of hydrogen-bond donors (Lipinski definition) is 0. The van der Waals surface area contributed by atoms with E-state index in [4.69, 9.17) is 4.74 Å². The van der Waals surface area contributed by atoms with E-state index in [0.29, 0.717) is 12.3 Å². The van der Waals surface area contributed by atoms with E-state index >= 15 is 0 Å². The Kier molecular flexibility index (Phi) is 4.40. The van der Waals surface area contributed by atoms with Crippen LogP contribution >= 0.6 is 0 Å². The van der Waals surface area contributed by atoms with Gasteiger partial charge in [-0.3, -0.25) is 4.79 Å². The summed E-state index contributed by atoms with van der Waals surface area (Å²) >= 11 is 0. The van der Waals surface area contributed by atoms with Crippen molar-refractivity contribution < 1.29 is 9.53 Å². The molecule has 0 atom stereocenters. The van der Waals surface area contributed by atoms with Crippen molar-refractivity contribution in [3.63, 3.8) is 0 Å². The first-order chi connectivity index (χ1) is 9.40. The van der Waals surface area contributed by atoms with Gasteiger partial charge in [0, 0.05) is 25.6 Å². The molecular formula is C15H22N2O2Si. The molecule has 2 rings (SSSR count). The van der Waals surface area contributed by atoms with Crippen molar-refractivity contribution in [1.29, 1.82) is 0 Å². The molecule has 0 N–H and O–H groups in total. The Morgan fingerprint density at radius 3 is 2.75 bits per heavy atom. The third-order valence-corrected chi connectivity index (χ3v) is 5.00. The minimum Gasteiger partial charge on any atom is -0.360 e. The highest BCUT2D eigenvalue weighted by Gasteiger charge is 2.12. The molecule has 0 radical (unpaired) electrons. The first kappa shape index (κ1) is 14.9. The van der Waals surface area contributed by atoms with Gasteiger partial charge in [-0.25, -0.2) is 4.68 Å². The molecule has 0 fully saturated rings. The molecule has 0 bridgehead atoms. The lowest BCUT2D eigenvalue weighted by atomic mass is 10.1. The first-order valence-electron chi connectivity index (χ1n) is 6.90. The molecule has 5 heteroatoms. The first-order valence-corrected chi connectivity index (χ1v) is 10.6. The van der Waals surface area contributed by atoms with Crippen molar-refractivity contribution >= 4 is 25.3 Å². The van der Waals surface area contributed by atoms with E-state index in [-0.39, 0.29) is 0 Å². The van der Waals surface area contributed by atoms with Crippen molar-refractivity contribution in [2.24, 2.45) is 0 Å². The summed E-state index contributed by atoms with van der Waals surface area (Å²) < 4.78 is 7.60. The molecule has 1 aromatic carbocycles. The number of aldehydes is 1. The molecule has 0 saturated heterocycles. The summed E-state index contributed by atoms with van der Waals surface area (Å²) in [6, 6.07) is 4.90. The second-order valence-electron chi connectivity index (χ2n) is 6.39. The maximum Gasteiger partial charge on any atom is 0.150 e. The fourth-order valence-corrected chi connectivity index (χ4v) is 2.93. The summed E-state index contributed by atoms with van der Waals surface area (Å²) in [6.45, 7) is 10.3. The van der Waals surface area contributed by atoms with Gasteiger partial charge in [0.2, 0.25) is 0 Å². The van der Waals surface area contributed by atoms with Gasteiger partial charge in [-0.2, -0.15) is 5.10 Å². The van der Waals surface area contributed by atoms with Crippen LogP contribution in [0.2, 0.25) is 25.7 Å². The highest BCUT2D eigenvalue weighted by Crippen LogP contribution is 2.20. The van der Waals surface area contributed by atoms with Crippen LogP contribution in [-0.2, 0) is 11.5 Å². The Balaban J connectivity index is 2.10. The van der Waals surface area contributed by atoms with Gasteiger partial charge in [0.05, 0.1) is 11.7 Å². The van der Waals surface area contributed by atoms with Crippen molar-refractivity contribution in [3.8, 4) is 0 Å². The predicted octanol–water partition coefficient (Wildman–Crippen LogP) is 3.47. The molecule has 4 nitrogen and oxygen atoms in total. The maximum absolute atomic E-state index is 10.9. The fraction of sp³-hybridized carbons (Fsp3) is 0.467. The quantitative estimate of drug-likeness (QED) is 0.465. The summed E-state index contributed by atoms with van der Waals surface area (Å²) in [5.74, 6) is 0. The minimum absolute atomic E-state index is 0.468. The van der Waals surface area contributed by atoms with Crippen molar-refractivity contribution in [1.82, 2.24) is 9.78 Å². The van der Waals surface area contributed by atoms with Crippen LogP contribution in [-0.4, -0.2) is 30.7 Å². The van der Waals surface area contributed by atoms with E-state index < -0.39 is 8.07 Å². The highest BCUT2D eigenvalue weighted by atomic mass is 28.3. The predicted molar refractivity (Wildman–Crippen MR) is 84.0 cm³/mol. The second-order valence-corrected chi connectivity index (χ2v) is 12.0. The monoisotopic (exact) mass is 290 g/mol. The van der Waals surface area contributed by atoms with Gasteiger partial charge in [0.25, 0.3) is 0 Å². The van der Waals surface area contributed by atoms with Crippen LogP contribution < -0.4 is 0 Å². The second kappa shape index (κ2) is 5.89. The standard InChI is InChI=1S/C15H22N2O2Si/c1-12-7-13(10-18)8-14-9-16-17(15(12)14)11-19-5-6-20(2,3)4/h7-10H,5-6,11H2,1-4H3. The Bertz CT molecular complexity index is 614. The zero-order chi connectivity index (χ0) is 14.8. The normalized spacial score (nSPS) is 12.0. The average Bonchev–Trinajstić information content (AvgIpc) is 2.77. The average molecular weight is 290 g/mol. The smallest absolute Gasteiger partial charge is 0.150 e. The van der Waals surface area contributed by atoms with Gasteiger partial charge in [0.1, 0.15) is 13.0 Å². The van der Waals surface area contributed by atoms with Crippen LogP contribution in [0.25, 0.3) is 10.9 Å². The molecule has 108 valence electrons. The number of benzene rings is 1. The minimum atomic E-state index is -1.05. The molecule has 0 saturated carbocycles. The van der Waals surface area contributed by atoms with Gasteiger partial charge in [-0.15, -0.1) is 0 Å². The summed E-state index contributed by atoms with van der Waals surface area (Å²) in [7, 11) is -1.05. The Labute approximate surface area is 120 Å². The SMILES string of the molecule is Cc1cc(C=O)cc2cnn(COCC[Si](C)(C)C)c12. The van der Waals surface area contributed by atoms with Crippen molar-refractivity contribution in [2.75, 3.05) is 6.61 Å². The topological polar surface area (TPSA) is 44.1 Å². The summed E-state index contributed by atoms with van der Waals surface area (Å²) in [5, 5.41) is 5.34. The lowest BCUT2D eigenvalue weighted by molar-refractivity contribution is 0.0816. The molecule has 0 aliphatic rings. The lowest BCUT2D eigenvalue weighted by Crippen LogP contribution is -2.22. The number of aryl methyl sites for hydroxylation is 1. The summed E-state index contributed by atoms with van der Waals surface area (Å²) in [6.07, 6.45) is 2.66. The molecule has 0 spiro atoms. The Morgan fingerprint density at radius 1 is 1.35 bits per heavy atom. The molecule has 0 aliphatic heterocycles. The molecule has 0 amide bonds. The molecule has 20 heavy (non-hydrogen) atoms. The lowest BCUT2D eigenvalue weighted by Gasteiger charge is -2.15. The van der Waals surface area contributed by atoms with Crippen LogP contribution in [0.4, 0.5) is 0 Å². The summed E-state index contributed by atoms with van der Waals surface area (Å²) in [4.78, 5) is 10.9. The third-order valence-electron chi connectivity index (χ3n) is 3.29. The number of aromatic nitrogens is 2. The Morgan fingerprint density at radius 2 is 2.10 bits per heavy atom. The van der Waals surface area contributed by atoms with Crippen LogP contribution in [0.15, 0.2) is 18.3 Å². The van der Waals surface area contributed by atoms with E-state index in [9.17, 15) is 4.79 Å². The van der Waals surface area contributed by atoms with Crippen LogP contribution in [0, 0.1) is 6.92 Å². The van der Waals surface area contributed by atoms with E-state index in [1.165, 1.54) is 0 Å². The number of rotatable bonds is 6. The maximum atomic E-state index is 10.9. The number of carbonyl (C=O) groups excluding carboxylic acids is 1. The van der Waals surface area contributed by atoms with E-state index in [0.717, 1.165) is 35.4 Å². The van der Waals surface area contributed by atoms with Gasteiger partial charge in [-0.05, 0) is 30.7 Å². The Hall–Kier alpha value is -1.46. The third kappa shape index (κ3) is 3.55. The number of nitrogens with zero attached hydrogens (tertiary/aromatic N) is 2. The fourth-order valence-electron chi connectivity index (χ4n) is 2.17. The number of carbonyl (C=O) groups is 1. The number of ether oxygens (including phenoxy) is 1. The molecule has 0 aliphatic carbocycles. The van der Waals surface area contributed by atoms with E-state index in [2.05, 4.69) is 24.7 Å². The van der Waals surface area contributed by atoms with Gasteiger partial charge in [-0.1, -0.05) is 19.6 Å². The number of hydrogen-bond acceptors (Lipinski definition) is 3. The molecule has 2 aromatic rings. The van der Waals surface area contributed by atoms with Crippen molar-refractivity contribution in [3.05, 3.63) is 29.5 Å². The number of fused-ring (bicyclic) bond motifs is 1. The zero-order valence-corrected chi connectivity index (χ0v) is 13.6. The summed E-state index contributed by atoms with van der Waals surface area (Å²) in [5.41, 5.74) is 2.79. The zero-order valence-electron chi connectivity index (χ0n) is 12.6. The van der Waals surface area contributed by atoms with E-state index in [1.54, 1.807) is 6.20 Å². The van der Waals surface area contributed by atoms with Crippen molar-refractivity contribution in [2.45, 2.75) is 39.3 Å². The van der Waals surface area contributed by atoms with Gasteiger partial charge in [0.15, 0.2) is 0 Å². The molecular weight excluding hydrogens is 268 g/mol. The van der Waals surface area contributed by atoms with Crippen LogP contribution in [0.1, 0.15) is 15.9 Å². The van der Waals surface area contributed by atoms with Gasteiger partial charge >= 0.3 is 0 Å². The highest BCUT2D eigenvalue weighted by molar-refractivity contribution is 6.76. The van der Waals surface area contributed by atoms with Crippen LogP contribution in [0.5, 0.6) is 0 Å². The molecule has 1 aromatic heterocycles. The molecule has 1 heterocycles.